The molecule has 0 saturated carbocycles. The minimum atomic E-state index is -0.651. The summed E-state index contributed by atoms with van der Waals surface area (Å²) in [7, 11) is 5.12. The smallest absolute Gasteiger partial charge is 0.274 e. The van der Waals surface area contributed by atoms with Crippen molar-refractivity contribution in [2.75, 3.05) is 47.4 Å². The van der Waals surface area contributed by atoms with Gasteiger partial charge in [0.1, 0.15) is 17.5 Å². The molecule has 0 radical (unpaired) electrons. The summed E-state index contributed by atoms with van der Waals surface area (Å²) in [5.41, 5.74) is 0.734. The van der Waals surface area contributed by atoms with Crippen molar-refractivity contribution in [1.29, 1.82) is 0 Å². The van der Waals surface area contributed by atoms with Gasteiger partial charge in [-0.1, -0.05) is 5.16 Å². The maximum absolute atomic E-state index is 12.6. The Bertz CT molecular complexity index is 874. The van der Waals surface area contributed by atoms with Crippen LogP contribution in [0.15, 0.2) is 28.8 Å². The van der Waals surface area contributed by atoms with E-state index in [-0.39, 0.29) is 11.6 Å². The van der Waals surface area contributed by atoms with Gasteiger partial charge in [0.2, 0.25) is 5.91 Å². The second-order valence-electron chi connectivity index (χ2n) is 6.97. The molecule has 1 aliphatic heterocycles. The minimum Gasteiger partial charge on any atom is -0.497 e. The van der Waals surface area contributed by atoms with E-state index in [1.807, 2.05) is 7.05 Å². The number of methoxy groups -OCH3 is 2. The number of nitrogens with zero attached hydrogens (tertiary/aromatic N) is 3. The number of benzene rings is 1. The lowest BCUT2D eigenvalue weighted by Gasteiger charge is -2.34. The number of carbonyl (C=O) groups is 2. The molecule has 1 aromatic carbocycles. The monoisotopic (exact) mass is 402 g/mol. The van der Waals surface area contributed by atoms with Gasteiger partial charge in [0, 0.05) is 38.3 Å². The molecule has 156 valence electrons. The van der Waals surface area contributed by atoms with Crippen molar-refractivity contribution in [3.63, 3.8) is 0 Å². The molecular weight excluding hydrogens is 376 g/mol. The molecule has 2 amide bonds. The average Bonchev–Trinajstić information content (AvgIpc) is 3.23. The number of aromatic nitrogens is 1. The highest BCUT2D eigenvalue weighted by Crippen LogP contribution is 2.33. The molecule has 0 spiro atoms. The summed E-state index contributed by atoms with van der Waals surface area (Å²) >= 11 is 0. The molecule has 1 aliphatic rings. The van der Waals surface area contributed by atoms with Gasteiger partial charge in [0.25, 0.3) is 5.91 Å². The van der Waals surface area contributed by atoms with E-state index in [0.717, 1.165) is 13.1 Å². The van der Waals surface area contributed by atoms with Crippen LogP contribution in [-0.2, 0) is 4.79 Å². The molecule has 0 aliphatic carbocycles. The van der Waals surface area contributed by atoms with E-state index in [0.29, 0.717) is 35.9 Å². The second kappa shape index (κ2) is 8.95. The fourth-order valence-electron chi connectivity index (χ4n) is 3.14. The lowest BCUT2D eigenvalue weighted by Crippen LogP contribution is -2.53. The largest absolute Gasteiger partial charge is 0.497 e. The lowest BCUT2D eigenvalue weighted by atomic mass is 10.1. The van der Waals surface area contributed by atoms with Gasteiger partial charge in [-0.2, -0.15) is 0 Å². The zero-order valence-corrected chi connectivity index (χ0v) is 17.1. The molecule has 2 heterocycles. The van der Waals surface area contributed by atoms with Gasteiger partial charge in [0.15, 0.2) is 11.5 Å². The van der Waals surface area contributed by atoms with Crippen LogP contribution in [0.1, 0.15) is 17.4 Å². The molecular formula is C20H26N4O5. The highest BCUT2D eigenvalue weighted by molar-refractivity contribution is 5.96. The quantitative estimate of drug-likeness (QED) is 0.777. The van der Waals surface area contributed by atoms with Crippen LogP contribution in [0.2, 0.25) is 0 Å². The first kappa shape index (κ1) is 20.7. The predicted octanol–water partition coefficient (Wildman–Crippen LogP) is 1.25. The minimum absolute atomic E-state index is 0.0934. The molecule has 1 atom stereocenters. The fraction of sp³-hybridized carbons (Fsp3) is 0.450. The van der Waals surface area contributed by atoms with Crippen molar-refractivity contribution in [2.24, 2.45) is 0 Å². The number of hydrogen-bond donors (Lipinski definition) is 1. The van der Waals surface area contributed by atoms with Crippen molar-refractivity contribution >= 4 is 11.8 Å². The Kier molecular flexibility index (Phi) is 6.38. The molecule has 1 aromatic heterocycles. The number of hydrogen-bond acceptors (Lipinski definition) is 7. The van der Waals surface area contributed by atoms with Crippen LogP contribution in [0.3, 0.4) is 0 Å². The Morgan fingerprint density at radius 2 is 1.86 bits per heavy atom. The van der Waals surface area contributed by atoms with E-state index in [1.54, 1.807) is 37.1 Å². The van der Waals surface area contributed by atoms with E-state index in [9.17, 15) is 9.59 Å². The van der Waals surface area contributed by atoms with Crippen LogP contribution >= 0.6 is 0 Å². The average molecular weight is 402 g/mol. The Labute approximate surface area is 169 Å². The Hall–Kier alpha value is -3.07. The summed E-state index contributed by atoms with van der Waals surface area (Å²) in [5, 5.41) is 6.54. The number of piperazine rings is 1. The molecule has 0 bridgehead atoms. The lowest BCUT2D eigenvalue weighted by molar-refractivity contribution is -0.134. The van der Waals surface area contributed by atoms with Gasteiger partial charge >= 0.3 is 0 Å². The van der Waals surface area contributed by atoms with E-state index < -0.39 is 11.9 Å². The van der Waals surface area contributed by atoms with Gasteiger partial charge < -0.3 is 29.1 Å². The first-order valence-corrected chi connectivity index (χ1v) is 9.40. The summed E-state index contributed by atoms with van der Waals surface area (Å²) in [6.45, 7) is 4.62. The van der Waals surface area contributed by atoms with Crippen molar-refractivity contribution < 1.29 is 23.6 Å². The molecule has 0 unspecified atom stereocenters. The van der Waals surface area contributed by atoms with Crippen molar-refractivity contribution in [2.45, 2.75) is 13.0 Å². The SMILES string of the molecule is COc1ccc(-c2cc(C(=O)N[C@H](C)C(=O)N3CCN(C)CC3)no2)c(OC)c1. The van der Waals surface area contributed by atoms with Crippen LogP contribution in [0, 0.1) is 0 Å². The summed E-state index contributed by atoms with van der Waals surface area (Å²) in [5.74, 6) is 0.979. The predicted molar refractivity (Wildman–Crippen MR) is 106 cm³/mol. The van der Waals surface area contributed by atoms with Gasteiger partial charge in [-0.3, -0.25) is 9.59 Å². The van der Waals surface area contributed by atoms with Gasteiger partial charge in [-0.25, -0.2) is 0 Å². The Morgan fingerprint density at radius 1 is 1.14 bits per heavy atom. The van der Waals surface area contributed by atoms with Crippen LogP contribution in [0.5, 0.6) is 11.5 Å². The van der Waals surface area contributed by atoms with Crippen molar-refractivity contribution in [3.8, 4) is 22.8 Å². The summed E-state index contributed by atoms with van der Waals surface area (Å²) in [6, 6.07) is 6.11. The van der Waals surface area contributed by atoms with E-state index in [2.05, 4.69) is 15.4 Å². The van der Waals surface area contributed by atoms with Gasteiger partial charge in [0.05, 0.1) is 19.8 Å². The second-order valence-corrected chi connectivity index (χ2v) is 6.97. The van der Waals surface area contributed by atoms with Crippen LogP contribution in [-0.4, -0.2) is 80.3 Å². The zero-order chi connectivity index (χ0) is 21.0. The molecule has 1 fully saturated rings. The third-order valence-corrected chi connectivity index (χ3v) is 4.95. The fourth-order valence-corrected chi connectivity index (χ4v) is 3.14. The molecule has 3 rings (SSSR count). The summed E-state index contributed by atoms with van der Waals surface area (Å²) in [4.78, 5) is 29.0. The maximum Gasteiger partial charge on any atom is 0.274 e. The van der Waals surface area contributed by atoms with E-state index >= 15 is 0 Å². The van der Waals surface area contributed by atoms with Crippen LogP contribution < -0.4 is 14.8 Å². The molecule has 2 aromatic rings. The number of rotatable bonds is 6. The number of nitrogens with one attached hydrogen (secondary N) is 1. The number of carbonyl (C=O) groups excluding carboxylic acids is 2. The van der Waals surface area contributed by atoms with Gasteiger partial charge in [-0.15, -0.1) is 0 Å². The molecule has 29 heavy (non-hydrogen) atoms. The van der Waals surface area contributed by atoms with Gasteiger partial charge in [-0.05, 0) is 26.1 Å². The Balaban J connectivity index is 1.67. The van der Waals surface area contributed by atoms with E-state index in [4.69, 9.17) is 14.0 Å². The van der Waals surface area contributed by atoms with E-state index in [1.165, 1.54) is 13.2 Å². The van der Waals surface area contributed by atoms with Crippen molar-refractivity contribution in [1.82, 2.24) is 20.3 Å². The third-order valence-electron chi connectivity index (χ3n) is 4.95. The Morgan fingerprint density at radius 3 is 2.52 bits per heavy atom. The first-order valence-electron chi connectivity index (χ1n) is 9.40. The normalized spacial score (nSPS) is 15.7. The summed E-state index contributed by atoms with van der Waals surface area (Å²) in [6.07, 6.45) is 0. The number of likely N-dealkylation sites (N-methyl/N-ethyl adjacent to an activating group) is 1. The summed E-state index contributed by atoms with van der Waals surface area (Å²) < 4.78 is 15.9. The number of amides is 2. The van der Waals surface area contributed by atoms with Crippen LogP contribution in [0.4, 0.5) is 0 Å². The molecule has 9 heteroatoms. The maximum atomic E-state index is 12.6. The molecule has 1 saturated heterocycles. The third kappa shape index (κ3) is 4.68. The highest BCUT2D eigenvalue weighted by Gasteiger charge is 2.26. The molecule has 1 N–H and O–H groups in total. The zero-order valence-electron chi connectivity index (χ0n) is 17.1. The van der Waals surface area contributed by atoms with Crippen molar-refractivity contribution in [3.05, 3.63) is 30.0 Å². The topological polar surface area (TPSA) is 97.1 Å². The highest BCUT2D eigenvalue weighted by atomic mass is 16.5. The first-order chi connectivity index (χ1) is 13.9. The molecule has 9 nitrogen and oxygen atoms in total. The number of ether oxygens (including phenoxy) is 2. The standard InChI is InChI=1S/C20H26N4O5/c1-13(20(26)24-9-7-23(2)8-10-24)21-19(25)16-12-18(29-22-16)15-6-5-14(27-3)11-17(15)28-4/h5-6,11-13H,7-10H2,1-4H3,(H,21,25)/t13-/m1/s1. The van der Waals surface area contributed by atoms with Crippen LogP contribution in [0.25, 0.3) is 11.3 Å².